The number of amides is 1. The van der Waals surface area contributed by atoms with Crippen LogP contribution in [0.1, 0.15) is 44.1 Å². The Hall–Kier alpha value is -2.21. The molecule has 1 amide bonds. The van der Waals surface area contributed by atoms with Crippen molar-refractivity contribution in [3.05, 3.63) is 69.1 Å². The van der Waals surface area contributed by atoms with Crippen molar-refractivity contribution >= 4 is 27.6 Å². The molecule has 0 radical (unpaired) electrons. The fourth-order valence-electron chi connectivity index (χ4n) is 3.04. The van der Waals surface area contributed by atoms with Crippen LogP contribution in [0.2, 0.25) is 0 Å². The molecule has 6 heteroatoms. The Labute approximate surface area is 161 Å². The number of carbonyl (C=O) groups is 2. The van der Waals surface area contributed by atoms with Gasteiger partial charge in [0, 0.05) is 34.4 Å². The van der Waals surface area contributed by atoms with Gasteiger partial charge in [-0.25, -0.2) is 0 Å². The van der Waals surface area contributed by atoms with Gasteiger partial charge in [-0.15, -0.1) is 0 Å². The van der Waals surface area contributed by atoms with Gasteiger partial charge in [0.05, 0.1) is 0 Å². The van der Waals surface area contributed by atoms with Crippen LogP contribution in [0.3, 0.4) is 0 Å². The molecule has 0 N–H and O–H groups in total. The normalized spacial score (nSPS) is 12.3. The summed E-state index contributed by atoms with van der Waals surface area (Å²) in [6.07, 6.45) is 1.49. The quantitative estimate of drug-likeness (QED) is 0.530. The average Bonchev–Trinajstić information content (AvgIpc) is 2.58. The molecule has 0 spiro atoms. The van der Waals surface area contributed by atoms with Gasteiger partial charge in [0.1, 0.15) is 0 Å². The van der Waals surface area contributed by atoms with E-state index in [0.29, 0.717) is 10.0 Å². The maximum Gasteiger partial charge on any atom is 0.254 e. The molecule has 0 fully saturated rings. The molecule has 1 aromatic carbocycles. The highest BCUT2D eigenvalue weighted by molar-refractivity contribution is 9.10. The number of ketones is 1. The lowest BCUT2D eigenvalue weighted by Gasteiger charge is -2.34. The highest BCUT2D eigenvalue weighted by atomic mass is 79.9. The molecule has 1 unspecified atom stereocenters. The topological polar surface area (TPSA) is 59.4 Å². The Morgan fingerprint density at radius 3 is 2.08 bits per heavy atom. The Bertz CT molecular complexity index is 836. The zero-order valence-corrected chi connectivity index (χ0v) is 16.9. The largest absolute Gasteiger partial charge is 0.336 e. The summed E-state index contributed by atoms with van der Waals surface area (Å²) in [5.74, 6) is -0.786. The number of hydrogen-bond donors (Lipinski definition) is 0. The van der Waals surface area contributed by atoms with Crippen LogP contribution in [0.15, 0.2) is 57.9 Å². The van der Waals surface area contributed by atoms with Crippen LogP contribution in [0.4, 0.5) is 0 Å². The van der Waals surface area contributed by atoms with E-state index in [4.69, 9.17) is 0 Å². The SMILES string of the molecule is CC(C)N(C(=O)C(C(=O)c1ccccc1)n1cc(Br)ccc1=O)C(C)C. The van der Waals surface area contributed by atoms with E-state index in [1.165, 1.54) is 16.8 Å². The van der Waals surface area contributed by atoms with Crippen LogP contribution in [0, 0.1) is 0 Å². The second kappa shape index (κ2) is 8.45. The lowest BCUT2D eigenvalue weighted by atomic mass is 10.0. The molecule has 1 atom stereocenters. The highest BCUT2D eigenvalue weighted by Crippen LogP contribution is 2.21. The predicted octanol–water partition coefficient (Wildman–Crippen LogP) is 3.68. The fraction of sp³-hybridized carbons (Fsp3) is 0.350. The molecule has 0 aliphatic carbocycles. The number of nitrogens with zero attached hydrogens (tertiary/aromatic N) is 2. The summed E-state index contributed by atoms with van der Waals surface area (Å²) >= 11 is 3.32. The second-order valence-electron chi connectivity index (χ2n) is 6.66. The van der Waals surface area contributed by atoms with E-state index in [0.717, 1.165) is 0 Å². The maximum absolute atomic E-state index is 13.3. The first-order chi connectivity index (χ1) is 12.2. The third-order valence-corrected chi connectivity index (χ3v) is 4.56. The van der Waals surface area contributed by atoms with Gasteiger partial charge in [0.25, 0.3) is 11.5 Å². The second-order valence-corrected chi connectivity index (χ2v) is 7.57. The van der Waals surface area contributed by atoms with Gasteiger partial charge in [-0.3, -0.25) is 19.0 Å². The summed E-state index contributed by atoms with van der Waals surface area (Å²) in [7, 11) is 0. The zero-order valence-electron chi connectivity index (χ0n) is 15.3. The van der Waals surface area contributed by atoms with E-state index >= 15 is 0 Å². The minimum Gasteiger partial charge on any atom is -0.336 e. The van der Waals surface area contributed by atoms with E-state index < -0.39 is 17.4 Å². The molecule has 1 heterocycles. The summed E-state index contributed by atoms with van der Waals surface area (Å²) in [4.78, 5) is 40.6. The van der Waals surface area contributed by atoms with E-state index in [1.54, 1.807) is 41.3 Å². The van der Waals surface area contributed by atoms with E-state index in [-0.39, 0.29) is 18.0 Å². The predicted molar refractivity (Wildman–Crippen MR) is 105 cm³/mol. The molecule has 2 aromatic rings. The Kier molecular flexibility index (Phi) is 6.53. The molecule has 0 saturated carbocycles. The first-order valence-electron chi connectivity index (χ1n) is 8.53. The molecule has 138 valence electrons. The van der Waals surface area contributed by atoms with E-state index in [9.17, 15) is 14.4 Å². The summed E-state index contributed by atoms with van der Waals surface area (Å²) in [5, 5.41) is 0. The standard InChI is InChI=1S/C20H23BrN2O3/c1-13(2)23(14(3)4)20(26)18(19(25)15-8-6-5-7-9-15)22-12-16(21)10-11-17(22)24/h5-14,18H,1-4H3. The summed E-state index contributed by atoms with van der Waals surface area (Å²) in [6, 6.07) is 10.1. The number of aromatic nitrogens is 1. The van der Waals surface area contributed by atoms with Crippen molar-refractivity contribution in [2.45, 2.75) is 45.8 Å². The molecule has 0 aliphatic heterocycles. The molecule has 0 aliphatic rings. The smallest absolute Gasteiger partial charge is 0.254 e. The average molecular weight is 419 g/mol. The molecule has 26 heavy (non-hydrogen) atoms. The monoisotopic (exact) mass is 418 g/mol. The molecule has 1 aromatic heterocycles. The van der Waals surface area contributed by atoms with Gasteiger partial charge >= 0.3 is 0 Å². The molecular weight excluding hydrogens is 396 g/mol. The number of rotatable bonds is 6. The van der Waals surface area contributed by atoms with Gasteiger partial charge in [0.2, 0.25) is 0 Å². The van der Waals surface area contributed by atoms with Crippen molar-refractivity contribution in [3.63, 3.8) is 0 Å². The summed E-state index contributed by atoms with van der Waals surface area (Å²) in [6.45, 7) is 7.58. The van der Waals surface area contributed by atoms with Crippen LogP contribution in [0.25, 0.3) is 0 Å². The van der Waals surface area contributed by atoms with Gasteiger partial charge in [-0.05, 0) is 49.7 Å². The number of Topliss-reactive ketones (excluding diaryl/α,β-unsaturated/α-hetero) is 1. The first-order valence-corrected chi connectivity index (χ1v) is 9.32. The third-order valence-electron chi connectivity index (χ3n) is 4.09. The minimum absolute atomic E-state index is 0.101. The van der Waals surface area contributed by atoms with Crippen LogP contribution in [-0.2, 0) is 4.79 Å². The fourth-order valence-corrected chi connectivity index (χ4v) is 3.40. The lowest BCUT2D eigenvalue weighted by molar-refractivity contribution is -0.137. The Balaban J connectivity index is 2.62. The van der Waals surface area contributed by atoms with Gasteiger partial charge < -0.3 is 4.90 Å². The minimum atomic E-state index is -1.24. The molecule has 0 bridgehead atoms. The zero-order chi connectivity index (χ0) is 19.4. The maximum atomic E-state index is 13.3. The first kappa shape index (κ1) is 20.1. The number of hydrogen-bond acceptors (Lipinski definition) is 3. The van der Waals surface area contributed by atoms with Crippen molar-refractivity contribution in [2.24, 2.45) is 0 Å². The number of benzene rings is 1. The van der Waals surface area contributed by atoms with Crippen molar-refractivity contribution in [1.29, 1.82) is 0 Å². The number of pyridine rings is 1. The van der Waals surface area contributed by atoms with Crippen LogP contribution in [-0.4, -0.2) is 33.2 Å². The van der Waals surface area contributed by atoms with Crippen molar-refractivity contribution in [1.82, 2.24) is 9.47 Å². The summed E-state index contributed by atoms with van der Waals surface area (Å²) in [5.41, 5.74) is -0.00604. The van der Waals surface area contributed by atoms with Crippen molar-refractivity contribution < 1.29 is 9.59 Å². The lowest BCUT2D eigenvalue weighted by Crippen LogP contribution is -2.49. The number of halogens is 1. The Morgan fingerprint density at radius 1 is 0.962 bits per heavy atom. The van der Waals surface area contributed by atoms with Gasteiger partial charge in [0.15, 0.2) is 11.8 Å². The molecule has 0 saturated heterocycles. The third kappa shape index (κ3) is 4.30. The molecule has 5 nitrogen and oxygen atoms in total. The van der Waals surface area contributed by atoms with Crippen LogP contribution in [0.5, 0.6) is 0 Å². The summed E-state index contributed by atoms with van der Waals surface area (Å²) < 4.78 is 1.83. The van der Waals surface area contributed by atoms with Crippen molar-refractivity contribution in [2.75, 3.05) is 0 Å². The van der Waals surface area contributed by atoms with Gasteiger partial charge in [-0.2, -0.15) is 0 Å². The van der Waals surface area contributed by atoms with Crippen LogP contribution >= 0.6 is 15.9 Å². The van der Waals surface area contributed by atoms with Crippen LogP contribution < -0.4 is 5.56 Å². The highest BCUT2D eigenvalue weighted by Gasteiger charge is 2.35. The molecule has 2 rings (SSSR count). The van der Waals surface area contributed by atoms with E-state index in [1.807, 2.05) is 27.7 Å². The number of carbonyl (C=O) groups excluding carboxylic acids is 2. The van der Waals surface area contributed by atoms with E-state index in [2.05, 4.69) is 15.9 Å². The van der Waals surface area contributed by atoms with Gasteiger partial charge in [-0.1, -0.05) is 30.3 Å². The Morgan fingerprint density at radius 2 is 1.54 bits per heavy atom. The van der Waals surface area contributed by atoms with Crippen molar-refractivity contribution in [3.8, 4) is 0 Å². The molecular formula is C20H23BrN2O3.